The molecule has 1 heterocycles. The molecule has 0 saturated carbocycles. The predicted octanol–water partition coefficient (Wildman–Crippen LogP) is -0.545. The summed E-state index contributed by atoms with van der Waals surface area (Å²) in [4.78, 5) is 26.0. The topological polar surface area (TPSA) is 78.7 Å². The summed E-state index contributed by atoms with van der Waals surface area (Å²) < 4.78 is 0. The van der Waals surface area contributed by atoms with Crippen molar-refractivity contribution in [1.29, 1.82) is 0 Å². The van der Waals surface area contributed by atoms with Gasteiger partial charge in [-0.1, -0.05) is 13.8 Å². The maximum absolute atomic E-state index is 11.3. The lowest BCUT2D eigenvalue weighted by Gasteiger charge is -2.29. The molecule has 1 aliphatic heterocycles. The maximum Gasteiger partial charge on any atom is 0.324 e. The fraction of sp³-hybridized carbons (Fsp3) is 0.818. The Balaban J connectivity index is 2.35. The van der Waals surface area contributed by atoms with Crippen LogP contribution in [0.1, 0.15) is 13.8 Å². The molecule has 0 unspecified atom stereocenters. The summed E-state index contributed by atoms with van der Waals surface area (Å²) in [6, 6.07) is -0.290. The smallest absolute Gasteiger partial charge is 0.324 e. The van der Waals surface area contributed by atoms with Crippen molar-refractivity contribution in [3.8, 4) is 0 Å². The van der Waals surface area contributed by atoms with E-state index in [2.05, 4.69) is 24.1 Å². The predicted molar refractivity (Wildman–Crippen MR) is 65.4 cm³/mol. The van der Waals surface area contributed by atoms with Crippen LogP contribution in [0.5, 0.6) is 0 Å². The van der Waals surface area contributed by atoms with Crippen molar-refractivity contribution in [3.63, 3.8) is 0 Å². The number of amides is 3. The van der Waals surface area contributed by atoms with Crippen molar-refractivity contribution >= 4 is 11.9 Å². The van der Waals surface area contributed by atoms with Crippen LogP contribution < -0.4 is 11.1 Å². The number of hydrogen-bond acceptors (Lipinski definition) is 4. The summed E-state index contributed by atoms with van der Waals surface area (Å²) in [5, 5.41) is 2.50. The Bertz CT molecular complexity index is 288. The number of hydrogen-bond donors (Lipinski definition) is 2. The molecule has 17 heavy (non-hydrogen) atoms. The van der Waals surface area contributed by atoms with Crippen LogP contribution >= 0.6 is 0 Å². The van der Waals surface area contributed by atoms with E-state index in [1.807, 2.05) is 7.05 Å². The molecule has 6 heteroatoms. The molecule has 6 nitrogen and oxygen atoms in total. The second-order valence-corrected chi connectivity index (χ2v) is 5.31. The summed E-state index contributed by atoms with van der Waals surface area (Å²) in [7, 11) is 1.97. The van der Waals surface area contributed by atoms with Crippen LogP contribution in [-0.2, 0) is 4.79 Å². The largest absolute Gasteiger partial charge is 0.330 e. The Labute approximate surface area is 102 Å². The third kappa shape index (κ3) is 3.98. The molecule has 0 aliphatic carbocycles. The zero-order valence-corrected chi connectivity index (χ0v) is 10.8. The number of carbonyl (C=O) groups is 2. The molecule has 98 valence electrons. The van der Waals surface area contributed by atoms with E-state index in [1.54, 1.807) is 0 Å². The van der Waals surface area contributed by atoms with E-state index in [0.717, 1.165) is 6.54 Å². The van der Waals surface area contributed by atoms with Gasteiger partial charge in [-0.2, -0.15) is 0 Å². The number of imide groups is 1. The molecule has 1 aliphatic rings. The summed E-state index contributed by atoms with van der Waals surface area (Å²) >= 11 is 0. The molecule has 3 N–H and O–H groups in total. The second kappa shape index (κ2) is 5.46. The van der Waals surface area contributed by atoms with Crippen LogP contribution in [0.4, 0.5) is 4.79 Å². The highest BCUT2D eigenvalue weighted by molar-refractivity contribution is 6.01. The van der Waals surface area contributed by atoms with Crippen LogP contribution in [0.15, 0.2) is 0 Å². The van der Waals surface area contributed by atoms with Crippen LogP contribution in [0, 0.1) is 5.41 Å². The number of nitrogens with one attached hydrogen (secondary N) is 1. The third-order valence-corrected chi connectivity index (χ3v) is 2.89. The molecule has 0 aromatic rings. The Morgan fingerprint density at radius 2 is 2.12 bits per heavy atom. The highest BCUT2D eigenvalue weighted by atomic mass is 16.2. The van der Waals surface area contributed by atoms with Crippen molar-refractivity contribution in [3.05, 3.63) is 0 Å². The normalized spacial score (nSPS) is 16.9. The van der Waals surface area contributed by atoms with Crippen molar-refractivity contribution < 1.29 is 9.59 Å². The number of likely N-dealkylation sites (N-methyl/N-ethyl adjacent to an activating group) is 1. The minimum Gasteiger partial charge on any atom is -0.330 e. The van der Waals surface area contributed by atoms with Crippen molar-refractivity contribution in [2.24, 2.45) is 11.1 Å². The van der Waals surface area contributed by atoms with Gasteiger partial charge in [0.15, 0.2) is 0 Å². The number of nitrogens with two attached hydrogens (primary N) is 1. The fourth-order valence-corrected chi connectivity index (χ4v) is 1.83. The Morgan fingerprint density at radius 1 is 1.47 bits per heavy atom. The Hall–Kier alpha value is -1.14. The Kier molecular flexibility index (Phi) is 4.47. The first-order valence-corrected chi connectivity index (χ1v) is 5.82. The van der Waals surface area contributed by atoms with Crippen LogP contribution in [-0.4, -0.2) is 61.5 Å². The van der Waals surface area contributed by atoms with Gasteiger partial charge in [-0.15, -0.1) is 0 Å². The standard InChI is InChI=1S/C11H22N4O2/c1-11(2,7-12)8-14(3)4-5-15-9(16)6-13-10(15)17/h4-8,12H2,1-3H3,(H,13,17). The minimum absolute atomic E-state index is 0.0476. The first kappa shape index (κ1) is 13.9. The number of urea groups is 1. The van der Waals surface area contributed by atoms with Crippen LogP contribution in [0.25, 0.3) is 0 Å². The van der Waals surface area contributed by atoms with Gasteiger partial charge in [0.25, 0.3) is 0 Å². The van der Waals surface area contributed by atoms with Gasteiger partial charge in [0.1, 0.15) is 0 Å². The number of nitrogens with zero attached hydrogens (tertiary/aromatic N) is 2. The van der Waals surface area contributed by atoms with Gasteiger partial charge < -0.3 is 16.0 Å². The highest BCUT2D eigenvalue weighted by Gasteiger charge is 2.28. The molecule has 0 radical (unpaired) electrons. The second-order valence-electron chi connectivity index (χ2n) is 5.31. The van der Waals surface area contributed by atoms with Crippen LogP contribution in [0.2, 0.25) is 0 Å². The zero-order valence-electron chi connectivity index (χ0n) is 10.8. The van der Waals surface area contributed by atoms with E-state index in [9.17, 15) is 9.59 Å². The third-order valence-electron chi connectivity index (χ3n) is 2.89. The van der Waals surface area contributed by atoms with Gasteiger partial charge in [0.05, 0.1) is 6.54 Å². The number of rotatable bonds is 6. The molecule has 0 aromatic heterocycles. The lowest BCUT2D eigenvalue weighted by Crippen LogP contribution is -2.42. The lowest BCUT2D eigenvalue weighted by molar-refractivity contribution is -0.125. The SMILES string of the molecule is CN(CCN1C(=O)CNC1=O)CC(C)(C)CN. The molecular formula is C11H22N4O2. The molecule has 0 spiro atoms. The summed E-state index contributed by atoms with van der Waals surface area (Å²) in [6.45, 7) is 6.86. The van der Waals surface area contributed by atoms with E-state index in [4.69, 9.17) is 5.73 Å². The van der Waals surface area contributed by atoms with E-state index in [1.165, 1.54) is 4.90 Å². The summed E-state index contributed by atoms with van der Waals surface area (Å²) in [6.07, 6.45) is 0. The first-order valence-electron chi connectivity index (χ1n) is 5.82. The quantitative estimate of drug-likeness (QED) is 0.613. The molecule has 1 fully saturated rings. The van der Waals surface area contributed by atoms with Crippen molar-refractivity contribution in [1.82, 2.24) is 15.1 Å². The van der Waals surface area contributed by atoms with Crippen LogP contribution in [0.3, 0.4) is 0 Å². The molecule has 1 rings (SSSR count). The Morgan fingerprint density at radius 3 is 2.59 bits per heavy atom. The average Bonchev–Trinajstić information content (AvgIpc) is 2.55. The molecule has 0 aromatic carbocycles. The van der Waals surface area contributed by atoms with E-state index < -0.39 is 0 Å². The zero-order chi connectivity index (χ0) is 13.1. The van der Waals surface area contributed by atoms with Gasteiger partial charge in [0, 0.05) is 19.6 Å². The maximum atomic E-state index is 11.3. The first-order chi connectivity index (χ1) is 7.85. The van der Waals surface area contributed by atoms with E-state index in [-0.39, 0.29) is 23.9 Å². The van der Waals surface area contributed by atoms with E-state index in [0.29, 0.717) is 19.6 Å². The monoisotopic (exact) mass is 242 g/mol. The molecule has 0 bridgehead atoms. The van der Waals surface area contributed by atoms with Gasteiger partial charge in [-0.05, 0) is 19.0 Å². The highest BCUT2D eigenvalue weighted by Crippen LogP contribution is 2.13. The summed E-state index contributed by atoms with van der Waals surface area (Å²) in [5.74, 6) is -0.151. The van der Waals surface area contributed by atoms with Crippen molar-refractivity contribution in [2.45, 2.75) is 13.8 Å². The van der Waals surface area contributed by atoms with E-state index >= 15 is 0 Å². The fourth-order valence-electron chi connectivity index (χ4n) is 1.83. The minimum atomic E-state index is -0.290. The number of carbonyl (C=O) groups excluding carboxylic acids is 2. The van der Waals surface area contributed by atoms with Gasteiger partial charge in [0.2, 0.25) is 5.91 Å². The molecule has 0 atom stereocenters. The average molecular weight is 242 g/mol. The molecular weight excluding hydrogens is 220 g/mol. The summed E-state index contributed by atoms with van der Waals surface area (Å²) in [5.41, 5.74) is 5.71. The molecule has 1 saturated heterocycles. The van der Waals surface area contributed by atoms with Crippen molar-refractivity contribution in [2.75, 3.05) is 39.8 Å². The van der Waals surface area contributed by atoms with Gasteiger partial charge in [-0.25, -0.2) is 4.79 Å². The molecule has 3 amide bonds. The lowest BCUT2D eigenvalue weighted by atomic mass is 9.93. The van der Waals surface area contributed by atoms with Gasteiger partial charge in [-0.3, -0.25) is 9.69 Å². The van der Waals surface area contributed by atoms with Gasteiger partial charge >= 0.3 is 6.03 Å².